The second kappa shape index (κ2) is 5.24. The molecule has 0 aliphatic carbocycles. The second-order valence-electron chi connectivity index (χ2n) is 4.31. The van der Waals surface area contributed by atoms with Crippen molar-refractivity contribution >= 4 is 5.88 Å². The largest absolute Gasteiger partial charge is 0.440 e. The lowest BCUT2D eigenvalue weighted by molar-refractivity contribution is 0.120. The van der Waals surface area contributed by atoms with Gasteiger partial charge in [0.15, 0.2) is 0 Å². The zero-order valence-electron chi connectivity index (χ0n) is 10.4. The van der Waals surface area contributed by atoms with Gasteiger partial charge in [0.25, 0.3) is 0 Å². The van der Waals surface area contributed by atoms with Crippen molar-refractivity contribution in [3.8, 4) is 11.1 Å². The van der Waals surface area contributed by atoms with Crippen molar-refractivity contribution in [3.05, 3.63) is 47.1 Å². The fourth-order valence-corrected chi connectivity index (χ4v) is 2.15. The van der Waals surface area contributed by atoms with Crippen molar-refractivity contribution in [2.75, 3.05) is 31.2 Å². The van der Waals surface area contributed by atoms with E-state index in [9.17, 15) is 4.79 Å². The van der Waals surface area contributed by atoms with Crippen LogP contribution in [-0.4, -0.2) is 31.3 Å². The normalized spacial score (nSPS) is 15.5. The lowest BCUT2D eigenvalue weighted by Crippen LogP contribution is -2.37. The Kier molecular flexibility index (Phi) is 3.29. The molecule has 5 nitrogen and oxygen atoms in total. The zero-order chi connectivity index (χ0) is 13.1. The Morgan fingerprint density at radius 2 is 1.84 bits per heavy atom. The highest BCUT2D eigenvalue weighted by molar-refractivity contribution is 5.73. The van der Waals surface area contributed by atoms with E-state index in [1.165, 1.54) is 0 Å². The predicted molar refractivity (Wildman–Crippen MR) is 71.2 cm³/mol. The topological polar surface area (TPSA) is 55.6 Å². The number of aromatic nitrogens is 1. The first kappa shape index (κ1) is 11.9. The fourth-order valence-electron chi connectivity index (χ4n) is 2.15. The summed E-state index contributed by atoms with van der Waals surface area (Å²) >= 11 is 0. The van der Waals surface area contributed by atoms with Crippen LogP contribution in [0.4, 0.5) is 5.88 Å². The summed E-state index contributed by atoms with van der Waals surface area (Å²) in [6.07, 6.45) is 1.58. The van der Waals surface area contributed by atoms with Crippen LogP contribution in [0.25, 0.3) is 11.1 Å². The highest BCUT2D eigenvalue weighted by Gasteiger charge is 2.19. The van der Waals surface area contributed by atoms with Crippen LogP contribution in [-0.2, 0) is 4.74 Å². The molecule has 0 amide bonds. The van der Waals surface area contributed by atoms with Gasteiger partial charge in [-0.3, -0.25) is 0 Å². The molecule has 0 radical (unpaired) electrons. The highest BCUT2D eigenvalue weighted by atomic mass is 16.5. The van der Waals surface area contributed by atoms with Crippen LogP contribution in [0.2, 0.25) is 0 Å². The average molecular weight is 258 g/mol. The first-order chi connectivity index (χ1) is 9.34. The van der Waals surface area contributed by atoms with Gasteiger partial charge in [-0.15, -0.1) is 0 Å². The Hall–Kier alpha value is -2.14. The molecular weight excluding hydrogens is 244 g/mol. The fraction of sp³-hybridized carbons (Fsp3) is 0.286. The van der Waals surface area contributed by atoms with Crippen LogP contribution in [0.3, 0.4) is 0 Å². The van der Waals surface area contributed by atoms with Gasteiger partial charge in [0, 0.05) is 19.3 Å². The molecule has 0 saturated carbocycles. The molecule has 1 saturated heterocycles. The Labute approximate surface area is 110 Å². The van der Waals surface area contributed by atoms with Gasteiger partial charge in [0.1, 0.15) is 0 Å². The third-order valence-corrected chi connectivity index (χ3v) is 3.10. The van der Waals surface area contributed by atoms with E-state index >= 15 is 0 Å². The van der Waals surface area contributed by atoms with Gasteiger partial charge in [-0.2, -0.15) is 4.98 Å². The van der Waals surface area contributed by atoms with Gasteiger partial charge < -0.3 is 14.1 Å². The molecule has 2 aromatic rings. The summed E-state index contributed by atoms with van der Waals surface area (Å²) in [5.74, 6) is 0.00988. The van der Waals surface area contributed by atoms with Crippen LogP contribution in [0.1, 0.15) is 0 Å². The van der Waals surface area contributed by atoms with Crippen molar-refractivity contribution in [1.82, 2.24) is 4.98 Å². The number of morpholine rings is 1. The Balaban J connectivity index is 2.06. The van der Waals surface area contributed by atoms with E-state index in [0.29, 0.717) is 32.2 Å². The predicted octanol–water partition coefficient (Wildman–Crippen LogP) is 1.54. The summed E-state index contributed by atoms with van der Waals surface area (Å²) in [7, 11) is 0. The molecule has 2 heterocycles. The van der Waals surface area contributed by atoms with Gasteiger partial charge in [-0.1, -0.05) is 30.3 Å². The number of anilines is 1. The SMILES string of the molecule is O=c1ncc(-c2ccccc2)c(N2CCOCC2)o1. The van der Waals surface area contributed by atoms with E-state index in [1.807, 2.05) is 35.2 Å². The minimum atomic E-state index is -0.568. The summed E-state index contributed by atoms with van der Waals surface area (Å²) in [6.45, 7) is 2.71. The summed E-state index contributed by atoms with van der Waals surface area (Å²) in [5, 5.41) is 0. The molecule has 0 spiro atoms. The maximum Gasteiger partial charge on any atom is 0.440 e. The van der Waals surface area contributed by atoms with Gasteiger partial charge >= 0.3 is 5.76 Å². The van der Waals surface area contributed by atoms with E-state index in [-0.39, 0.29) is 0 Å². The van der Waals surface area contributed by atoms with Crippen LogP contribution < -0.4 is 10.7 Å². The Morgan fingerprint density at radius 1 is 1.11 bits per heavy atom. The van der Waals surface area contributed by atoms with Gasteiger partial charge in [-0.25, -0.2) is 4.79 Å². The van der Waals surface area contributed by atoms with Crippen LogP contribution in [0.5, 0.6) is 0 Å². The lowest BCUT2D eigenvalue weighted by atomic mass is 10.1. The number of rotatable bonds is 2. The number of hydrogen-bond donors (Lipinski definition) is 0. The van der Waals surface area contributed by atoms with E-state index < -0.39 is 5.76 Å². The summed E-state index contributed by atoms with van der Waals surface area (Å²) in [6, 6.07) is 9.79. The quantitative estimate of drug-likeness (QED) is 0.817. The van der Waals surface area contributed by atoms with Crippen molar-refractivity contribution in [3.63, 3.8) is 0 Å². The molecule has 1 fully saturated rings. The molecule has 1 aromatic heterocycles. The first-order valence-electron chi connectivity index (χ1n) is 6.23. The minimum absolute atomic E-state index is 0.568. The number of hydrogen-bond acceptors (Lipinski definition) is 5. The van der Waals surface area contributed by atoms with E-state index in [0.717, 1.165) is 11.1 Å². The second-order valence-corrected chi connectivity index (χ2v) is 4.31. The van der Waals surface area contributed by atoms with Crippen molar-refractivity contribution in [2.45, 2.75) is 0 Å². The Bertz CT molecular complexity index is 604. The van der Waals surface area contributed by atoms with Crippen LogP contribution in [0.15, 0.2) is 45.7 Å². The van der Waals surface area contributed by atoms with Crippen LogP contribution >= 0.6 is 0 Å². The molecular formula is C14H14N2O3. The lowest BCUT2D eigenvalue weighted by Gasteiger charge is -2.28. The Morgan fingerprint density at radius 3 is 2.58 bits per heavy atom. The molecule has 0 N–H and O–H groups in total. The standard InChI is InChI=1S/C14H14N2O3/c17-14-15-10-12(11-4-2-1-3-5-11)13(19-14)16-6-8-18-9-7-16/h1-5,10H,6-9H2. The summed E-state index contributed by atoms with van der Waals surface area (Å²) in [4.78, 5) is 17.1. The van der Waals surface area contributed by atoms with Gasteiger partial charge in [-0.05, 0) is 5.56 Å². The maximum atomic E-state index is 11.4. The van der Waals surface area contributed by atoms with E-state index in [1.54, 1.807) is 6.20 Å². The molecule has 19 heavy (non-hydrogen) atoms. The van der Waals surface area contributed by atoms with Crippen LogP contribution in [0, 0.1) is 0 Å². The summed E-state index contributed by atoms with van der Waals surface area (Å²) < 4.78 is 10.6. The molecule has 98 valence electrons. The highest BCUT2D eigenvalue weighted by Crippen LogP contribution is 2.29. The van der Waals surface area contributed by atoms with Gasteiger partial charge in [0.05, 0.1) is 18.8 Å². The van der Waals surface area contributed by atoms with Crippen molar-refractivity contribution in [2.24, 2.45) is 0 Å². The van der Waals surface area contributed by atoms with Crippen molar-refractivity contribution < 1.29 is 9.15 Å². The zero-order valence-corrected chi connectivity index (χ0v) is 10.4. The first-order valence-corrected chi connectivity index (χ1v) is 6.23. The molecule has 1 aromatic carbocycles. The molecule has 3 rings (SSSR count). The minimum Gasteiger partial charge on any atom is -0.391 e. The molecule has 1 aliphatic heterocycles. The molecule has 0 unspecified atom stereocenters. The number of nitrogens with zero attached hydrogens (tertiary/aromatic N) is 2. The summed E-state index contributed by atoms with van der Waals surface area (Å²) in [5.41, 5.74) is 1.82. The molecule has 0 atom stereocenters. The third kappa shape index (κ3) is 2.51. The van der Waals surface area contributed by atoms with E-state index in [2.05, 4.69) is 4.98 Å². The van der Waals surface area contributed by atoms with Gasteiger partial charge in [0.2, 0.25) is 5.88 Å². The van der Waals surface area contributed by atoms with Crippen molar-refractivity contribution in [1.29, 1.82) is 0 Å². The number of benzene rings is 1. The maximum absolute atomic E-state index is 11.4. The molecule has 1 aliphatic rings. The molecule has 5 heteroatoms. The smallest absolute Gasteiger partial charge is 0.391 e. The number of ether oxygens (including phenoxy) is 1. The van der Waals surface area contributed by atoms with E-state index in [4.69, 9.17) is 9.15 Å². The average Bonchev–Trinajstić information content (AvgIpc) is 2.49. The monoisotopic (exact) mass is 258 g/mol. The molecule has 0 bridgehead atoms. The third-order valence-electron chi connectivity index (χ3n) is 3.10.